The Bertz CT molecular complexity index is 1610. The maximum absolute atomic E-state index is 14.0. The molecule has 0 unspecified atom stereocenters. The zero-order valence-corrected chi connectivity index (χ0v) is 18.1. The zero-order valence-electron chi connectivity index (χ0n) is 18.1. The number of H-pyrrole nitrogens is 1. The Morgan fingerprint density at radius 3 is 2.58 bits per heavy atom. The lowest BCUT2D eigenvalue weighted by atomic mass is 9.97. The Labute approximate surface area is 188 Å². The summed E-state index contributed by atoms with van der Waals surface area (Å²) in [6, 6.07) is 15.8. The number of rotatable bonds is 4. The number of nitrogens with one attached hydrogen (secondary N) is 1. The van der Waals surface area contributed by atoms with Gasteiger partial charge in [0.25, 0.3) is 5.92 Å². The van der Waals surface area contributed by atoms with Gasteiger partial charge in [-0.1, -0.05) is 36.9 Å². The van der Waals surface area contributed by atoms with E-state index in [1.807, 2.05) is 30.3 Å². The van der Waals surface area contributed by atoms with Gasteiger partial charge in [0.15, 0.2) is 16.9 Å². The molecule has 5 aromatic rings. The topological polar surface area (TPSA) is 63.0 Å². The molecule has 7 heteroatoms. The molecule has 1 N–H and O–H groups in total. The second-order valence-corrected chi connectivity index (χ2v) is 8.01. The van der Waals surface area contributed by atoms with Crippen LogP contribution < -0.4 is 5.43 Å². The van der Waals surface area contributed by atoms with Crippen LogP contribution in [0.25, 0.3) is 39.2 Å². The van der Waals surface area contributed by atoms with Gasteiger partial charge in [-0.2, -0.15) is 8.78 Å². The average molecular weight is 442 g/mol. The lowest BCUT2D eigenvalue weighted by molar-refractivity contribution is 0.0519. The van der Waals surface area contributed by atoms with E-state index in [4.69, 9.17) is 0 Å². The highest BCUT2D eigenvalue weighted by Gasteiger charge is 2.28. The van der Waals surface area contributed by atoms with Gasteiger partial charge in [-0.25, -0.2) is 9.50 Å². The molecule has 0 aliphatic rings. The number of allylic oxidation sites excluding steroid dienone is 1. The number of para-hydroxylation sites is 1. The van der Waals surface area contributed by atoms with Gasteiger partial charge in [0.05, 0.1) is 5.69 Å². The van der Waals surface area contributed by atoms with Crippen molar-refractivity contribution in [3.8, 4) is 22.6 Å². The maximum Gasteiger partial charge on any atom is 0.291 e. The third-order valence-corrected chi connectivity index (χ3v) is 5.88. The monoisotopic (exact) mass is 442 g/mol. The quantitative estimate of drug-likeness (QED) is 0.358. The number of benzene rings is 2. The van der Waals surface area contributed by atoms with E-state index in [1.165, 1.54) is 6.07 Å². The predicted molar refractivity (Wildman–Crippen MR) is 126 cm³/mol. The number of aryl methyl sites for hydroxylation is 1. The minimum absolute atomic E-state index is 0.0641. The molecule has 0 bridgehead atoms. The number of alkyl halides is 2. The SMILES string of the molecule is C=CC(F)(F)c1ccc(-c2ccc3nc(-c4[nH]c5ccccc5c(=O)c4C)nn3c2)cc1C. The Morgan fingerprint density at radius 2 is 1.82 bits per heavy atom. The van der Waals surface area contributed by atoms with Crippen LogP contribution in [-0.2, 0) is 5.92 Å². The fraction of sp³-hybridized carbons (Fsp3) is 0.115. The zero-order chi connectivity index (χ0) is 23.3. The molecule has 0 radical (unpaired) electrons. The first-order valence-electron chi connectivity index (χ1n) is 10.4. The van der Waals surface area contributed by atoms with E-state index in [9.17, 15) is 13.6 Å². The number of hydrogen-bond acceptors (Lipinski definition) is 3. The fourth-order valence-corrected chi connectivity index (χ4v) is 4.04. The van der Waals surface area contributed by atoms with Crippen LogP contribution in [0.15, 0.2) is 78.2 Å². The van der Waals surface area contributed by atoms with Gasteiger partial charge in [-0.3, -0.25) is 4.79 Å². The summed E-state index contributed by atoms with van der Waals surface area (Å²) >= 11 is 0. The van der Waals surface area contributed by atoms with Gasteiger partial charge in [0.1, 0.15) is 0 Å². The smallest absolute Gasteiger partial charge is 0.291 e. The van der Waals surface area contributed by atoms with Crippen molar-refractivity contribution in [3.63, 3.8) is 0 Å². The third-order valence-electron chi connectivity index (χ3n) is 5.88. The predicted octanol–water partition coefficient (Wildman–Crippen LogP) is 5.80. The van der Waals surface area contributed by atoms with Crippen LogP contribution in [0.3, 0.4) is 0 Å². The summed E-state index contributed by atoms with van der Waals surface area (Å²) < 4.78 is 29.7. The van der Waals surface area contributed by atoms with E-state index in [2.05, 4.69) is 21.6 Å². The van der Waals surface area contributed by atoms with Crippen molar-refractivity contribution in [2.24, 2.45) is 0 Å². The van der Waals surface area contributed by atoms with Crippen molar-refractivity contribution < 1.29 is 8.78 Å². The molecule has 0 atom stereocenters. The highest BCUT2D eigenvalue weighted by molar-refractivity contribution is 5.82. The number of pyridine rings is 2. The summed E-state index contributed by atoms with van der Waals surface area (Å²) in [5.41, 5.74) is 4.36. The Kier molecular flexibility index (Phi) is 4.70. The molecule has 164 valence electrons. The van der Waals surface area contributed by atoms with E-state index in [1.54, 1.807) is 42.8 Å². The van der Waals surface area contributed by atoms with Crippen LogP contribution in [-0.4, -0.2) is 19.6 Å². The summed E-state index contributed by atoms with van der Waals surface area (Å²) in [6.45, 7) is 6.63. The molecule has 5 nitrogen and oxygen atoms in total. The van der Waals surface area contributed by atoms with Crippen LogP contribution >= 0.6 is 0 Å². The van der Waals surface area contributed by atoms with Crippen molar-refractivity contribution in [2.45, 2.75) is 19.8 Å². The van der Waals surface area contributed by atoms with E-state index in [0.29, 0.717) is 39.8 Å². The van der Waals surface area contributed by atoms with Crippen molar-refractivity contribution in [3.05, 3.63) is 100 Å². The standard InChI is InChI=1S/C26H20F2N4O/c1-4-26(27,28)20-11-9-17(13-15(20)2)18-10-12-22-30-25(31-32(22)14-18)23-16(3)24(33)19-7-5-6-8-21(19)29-23/h4-14H,1H2,2-3H3,(H,29,33). The van der Waals surface area contributed by atoms with Gasteiger partial charge in [-0.05, 0) is 55.3 Å². The van der Waals surface area contributed by atoms with Crippen molar-refractivity contribution in [2.75, 3.05) is 0 Å². The molecule has 3 aromatic heterocycles. The van der Waals surface area contributed by atoms with Gasteiger partial charge >= 0.3 is 0 Å². The molecule has 0 saturated heterocycles. The summed E-state index contributed by atoms with van der Waals surface area (Å²) in [6.07, 6.45) is 2.44. The molecular weight excluding hydrogens is 422 g/mol. The lowest BCUT2D eigenvalue weighted by Crippen LogP contribution is -2.10. The van der Waals surface area contributed by atoms with Crippen LogP contribution in [0.2, 0.25) is 0 Å². The Balaban J connectivity index is 1.59. The van der Waals surface area contributed by atoms with E-state index in [-0.39, 0.29) is 11.0 Å². The second kappa shape index (κ2) is 7.48. The number of aromatic nitrogens is 4. The highest BCUT2D eigenvalue weighted by atomic mass is 19.3. The van der Waals surface area contributed by atoms with Gasteiger partial charge in [0.2, 0.25) is 0 Å². The summed E-state index contributed by atoms with van der Waals surface area (Å²) in [5.74, 6) is -2.67. The van der Waals surface area contributed by atoms with E-state index < -0.39 is 5.92 Å². The molecule has 33 heavy (non-hydrogen) atoms. The summed E-state index contributed by atoms with van der Waals surface area (Å²) in [4.78, 5) is 20.6. The van der Waals surface area contributed by atoms with Crippen LogP contribution in [0, 0.1) is 13.8 Å². The number of hydrogen-bond donors (Lipinski definition) is 1. The van der Waals surface area contributed by atoms with E-state index >= 15 is 0 Å². The normalized spacial score (nSPS) is 11.9. The molecule has 0 amide bonds. The molecule has 0 aliphatic carbocycles. The van der Waals surface area contributed by atoms with Crippen molar-refractivity contribution >= 4 is 16.6 Å². The number of nitrogens with zero attached hydrogens (tertiary/aromatic N) is 3. The van der Waals surface area contributed by atoms with Crippen LogP contribution in [0.5, 0.6) is 0 Å². The van der Waals surface area contributed by atoms with Gasteiger partial charge in [-0.15, -0.1) is 5.10 Å². The first-order chi connectivity index (χ1) is 15.8. The number of halogens is 2. The van der Waals surface area contributed by atoms with Crippen LogP contribution in [0.1, 0.15) is 16.7 Å². The Morgan fingerprint density at radius 1 is 1.06 bits per heavy atom. The third kappa shape index (κ3) is 3.42. The molecule has 2 aromatic carbocycles. The molecule has 0 aliphatic heterocycles. The highest BCUT2D eigenvalue weighted by Crippen LogP contribution is 2.34. The lowest BCUT2D eigenvalue weighted by Gasteiger charge is -2.15. The first kappa shape index (κ1) is 20.8. The van der Waals surface area contributed by atoms with Crippen molar-refractivity contribution in [1.82, 2.24) is 19.6 Å². The number of aromatic amines is 1. The molecule has 3 heterocycles. The molecular formula is C26H20F2N4O. The summed E-state index contributed by atoms with van der Waals surface area (Å²) in [7, 11) is 0. The maximum atomic E-state index is 14.0. The van der Waals surface area contributed by atoms with Crippen molar-refractivity contribution in [1.29, 1.82) is 0 Å². The molecule has 0 saturated carbocycles. The molecule has 5 rings (SSSR count). The largest absolute Gasteiger partial charge is 0.351 e. The average Bonchev–Trinajstić information content (AvgIpc) is 3.24. The Hall–Kier alpha value is -4.13. The molecule has 0 fully saturated rings. The van der Waals surface area contributed by atoms with Crippen LogP contribution in [0.4, 0.5) is 8.78 Å². The van der Waals surface area contributed by atoms with Gasteiger partial charge < -0.3 is 4.98 Å². The minimum Gasteiger partial charge on any atom is -0.351 e. The van der Waals surface area contributed by atoms with Gasteiger partial charge in [0, 0.05) is 33.8 Å². The molecule has 0 spiro atoms. The second-order valence-electron chi connectivity index (χ2n) is 8.01. The fourth-order valence-electron chi connectivity index (χ4n) is 4.04. The first-order valence-corrected chi connectivity index (χ1v) is 10.4. The summed E-state index contributed by atoms with van der Waals surface area (Å²) in [5, 5.41) is 5.19. The van der Waals surface area contributed by atoms with E-state index in [0.717, 1.165) is 16.6 Å². The number of fused-ring (bicyclic) bond motifs is 2. The minimum atomic E-state index is -3.08.